The van der Waals surface area contributed by atoms with E-state index < -0.39 is 0 Å². The highest BCUT2D eigenvalue weighted by Crippen LogP contribution is 2.15. The molecular weight excluding hydrogens is 289 g/mol. The van der Waals surface area contributed by atoms with E-state index in [4.69, 9.17) is 0 Å². The molecule has 0 spiro atoms. The fourth-order valence-electron chi connectivity index (χ4n) is 0.861. The number of alkyl halides is 1. The van der Waals surface area contributed by atoms with Gasteiger partial charge in [-0.15, -0.1) is 0 Å². The molecule has 0 fully saturated rings. The zero-order valence-corrected chi connectivity index (χ0v) is 9.45. The normalized spacial score (nSPS) is 10.2. The van der Waals surface area contributed by atoms with Gasteiger partial charge < -0.3 is 5.32 Å². The Bertz CT molecular complexity index is 265. The van der Waals surface area contributed by atoms with Crippen molar-refractivity contribution in [3.05, 3.63) is 34.1 Å². The quantitative estimate of drug-likeness (QED) is 0.668. The van der Waals surface area contributed by atoms with Gasteiger partial charge in [0.25, 0.3) is 0 Å². The van der Waals surface area contributed by atoms with Crippen LogP contribution in [0.25, 0.3) is 0 Å². The zero-order valence-electron chi connectivity index (χ0n) is 6.28. The molecule has 0 aliphatic carbocycles. The van der Waals surface area contributed by atoms with Crippen LogP contribution in [-0.2, 0) is 6.54 Å². The Morgan fingerprint density at radius 1 is 1.42 bits per heavy atom. The lowest BCUT2D eigenvalue weighted by atomic mass is 10.2. The summed E-state index contributed by atoms with van der Waals surface area (Å²) in [6.07, 6.45) is 0. The average Bonchev–Trinajstić information content (AvgIpc) is 2.07. The molecule has 0 bridgehead atoms. The smallest absolute Gasteiger partial charge is 0.127 e. The standard InChI is InChI=1S/C8H8Br2FN/c9-5-12-4-6-3-7(10)1-2-8(6)11/h1-3,12H,4-5H2. The first kappa shape index (κ1) is 10.2. The van der Waals surface area contributed by atoms with Crippen LogP contribution in [0.2, 0.25) is 0 Å². The Hall–Kier alpha value is 0.0700. The number of hydrogen-bond acceptors (Lipinski definition) is 1. The van der Waals surface area contributed by atoms with E-state index in [2.05, 4.69) is 37.2 Å². The molecule has 1 N–H and O–H groups in total. The number of nitrogens with one attached hydrogen (secondary N) is 1. The maximum Gasteiger partial charge on any atom is 0.127 e. The van der Waals surface area contributed by atoms with Gasteiger partial charge in [-0.2, -0.15) is 0 Å². The Kier molecular flexibility index (Phi) is 4.18. The molecule has 12 heavy (non-hydrogen) atoms. The lowest BCUT2D eigenvalue weighted by Gasteiger charge is -2.03. The van der Waals surface area contributed by atoms with Crippen molar-refractivity contribution in [2.75, 3.05) is 5.45 Å². The molecule has 1 nitrogen and oxygen atoms in total. The molecule has 1 rings (SSSR count). The summed E-state index contributed by atoms with van der Waals surface area (Å²) < 4.78 is 13.9. The Morgan fingerprint density at radius 3 is 2.83 bits per heavy atom. The van der Waals surface area contributed by atoms with Gasteiger partial charge in [0.05, 0.1) is 5.45 Å². The summed E-state index contributed by atoms with van der Waals surface area (Å²) in [5.41, 5.74) is 1.34. The molecule has 0 saturated heterocycles. The van der Waals surface area contributed by atoms with Gasteiger partial charge in [-0.05, 0) is 18.2 Å². The third kappa shape index (κ3) is 2.84. The molecule has 0 heterocycles. The second-order valence-corrected chi connectivity index (χ2v) is 3.77. The van der Waals surface area contributed by atoms with Crippen LogP contribution < -0.4 is 5.32 Å². The summed E-state index contributed by atoms with van der Waals surface area (Å²) in [6, 6.07) is 4.91. The minimum absolute atomic E-state index is 0.174. The summed E-state index contributed by atoms with van der Waals surface area (Å²) in [6.45, 7) is 0.538. The van der Waals surface area contributed by atoms with Crippen molar-refractivity contribution in [3.63, 3.8) is 0 Å². The third-order valence-corrected chi connectivity index (χ3v) is 2.31. The predicted octanol–water partition coefficient (Wildman–Crippen LogP) is 3.03. The van der Waals surface area contributed by atoms with Gasteiger partial charge in [0.2, 0.25) is 0 Å². The van der Waals surface area contributed by atoms with E-state index >= 15 is 0 Å². The molecule has 1 aromatic carbocycles. The van der Waals surface area contributed by atoms with Crippen molar-refractivity contribution in [3.8, 4) is 0 Å². The highest BCUT2D eigenvalue weighted by molar-refractivity contribution is 9.10. The van der Waals surface area contributed by atoms with E-state index in [-0.39, 0.29) is 5.82 Å². The van der Waals surface area contributed by atoms with Crippen molar-refractivity contribution in [1.82, 2.24) is 5.32 Å². The second kappa shape index (κ2) is 4.94. The van der Waals surface area contributed by atoms with Gasteiger partial charge >= 0.3 is 0 Å². The van der Waals surface area contributed by atoms with Gasteiger partial charge in [0.1, 0.15) is 5.82 Å². The van der Waals surface area contributed by atoms with E-state index in [1.807, 2.05) is 0 Å². The van der Waals surface area contributed by atoms with Crippen molar-refractivity contribution >= 4 is 31.9 Å². The van der Waals surface area contributed by atoms with E-state index in [0.29, 0.717) is 17.6 Å². The van der Waals surface area contributed by atoms with E-state index in [1.165, 1.54) is 6.07 Å². The summed E-state index contributed by atoms with van der Waals surface area (Å²) in [4.78, 5) is 0. The minimum atomic E-state index is -0.174. The number of benzene rings is 1. The van der Waals surface area contributed by atoms with Gasteiger partial charge in [0, 0.05) is 16.6 Å². The maximum atomic E-state index is 13.0. The van der Waals surface area contributed by atoms with Crippen LogP contribution in [0.1, 0.15) is 5.56 Å². The molecule has 66 valence electrons. The first-order chi connectivity index (χ1) is 5.74. The van der Waals surface area contributed by atoms with Crippen LogP contribution >= 0.6 is 31.9 Å². The van der Waals surface area contributed by atoms with Gasteiger partial charge in [-0.3, -0.25) is 0 Å². The van der Waals surface area contributed by atoms with Crippen molar-refractivity contribution < 1.29 is 4.39 Å². The summed E-state index contributed by atoms with van der Waals surface area (Å²) in [7, 11) is 0. The first-order valence-corrected chi connectivity index (χ1v) is 5.36. The topological polar surface area (TPSA) is 12.0 Å². The monoisotopic (exact) mass is 295 g/mol. The molecule has 0 aromatic heterocycles. The molecule has 0 saturated carbocycles. The molecular formula is C8H8Br2FN. The van der Waals surface area contributed by atoms with Gasteiger partial charge in [-0.25, -0.2) is 4.39 Å². The van der Waals surface area contributed by atoms with Crippen LogP contribution in [0.5, 0.6) is 0 Å². The van der Waals surface area contributed by atoms with Gasteiger partial charge in [0.15, 0.2) is 0 Å². The van der Waals surface area contributed by atoms with Crippen molar-refractivity contribution in [1.29, 1.82) is 0 Å². The minimum Gasteiger partial charge on any atom is -0.303 e. The van der Waals surface area contributed by atoms with E-state index in [9.17, 15) is 4.39 Å². The largest absolute Gasteiger partial charge is 0.303 e. The lowest BCUT2D eigenvalue weighted by molar-refractivity contribution is 0.599. The van der Waals surface area contributed by atoms with Crippen LogP contribution in [-0.4, -0.2) is 5.45 Å². The fourth-order valence-corrected chi connectivity index (χ4v) is 1.47. The lowest BCUT2D eigenvalue weighted by Crippen LogP contribution is -2.11. The highest BCUT2D eigenvalue weighted by Gasteiger charge is 2.00. The molecule has 0 aliphatic heterocycles. The van der Waals surface area contributed by atoms with E-state index in [0.717, 1.165) is 4.47 Å². The highest BCUT2D eigenvalue weighted by atomic mass is 79.9. The molecule has 4 heteroatoms. The molecule has 0 amide bonds. The summed E-state index contributed by atoms with van der Waals surface area (Å²) >= 11 is 6.49. The molecule has 0 unspecified atom stereocenters. The summed E-state index contributed by atoms with van der Waals surface area (Å²) in [5, 5.41) is 2.99. The Balaban J connectivity index is 2.75. The maximum absolute atomic E-state index is 13.0. The predicted molar refractivity (Wildman–Crippen MR) is 54.7 cm³/mol. The number of rotatable bonds is 3. The van der Waals surface area contributed by atoms with Crippen LogP contribution in [0.15, 0.2) is 22.7 Å². The SMILES string of the molecule is Fc1ccc(Br)cc1CNCBr. The Labute approximate surface area is 87.6 Å². The molecule has 0 radical (unpaired) electrons. The molecule has 0 atom stereocenters. The zero-order chi connectivity index (χ0) is 8.97. The van der Waals surface area contributed by atoms with E-state index in [1.54, 1.807) is 12.1 Å². The average molecular weight is 297 g/mol. The number of hydrogen-bond donors (Lipinski definition) is 1. The number of halogens is 3. The second-order valence-electron chi connectivity index (χ2n) is 2.30. The molecule has 1 aromatic rings. The fraction of sp³-hybridized carbons (Fsp3) is 0.250. The van der Waals surface area contributed by atoms with Crippen LogP contribution in [0.3, 0.4) is 0 Å². The van der Waals surface area contributed by atoms with Crippen molar-refractivity contribution in [2.24, 2.45) is 0 Å². The molecule has 0 aliphatic rings. The van der Waals surface area contributed by atoms with Crippen LogP contribution in [0.4, 0.5) is 4.39 Å². The first-order valence-electron chi connectivity index (χ1n) is 3.44. The third-order valence-electron chi connectivity index (χ3n) is 1.42. The van der Waals surface area contributed by atoms with Crippen LogP contribution in [0, 0.1) is 5.82 Å². The van der Waals surface area contributed by atoms with Crippen molar-refractivity contribution in [2.45, 2.75) is 6.54 Å². The Morgan fingerprint density at radius 2 is 2.17 bits per heavy atom. The summed E-state index contributed by atoms with van der Waals surface area (Å²) in [5.74, 6) is -0.174. The van der Waals surface area contributed by atoms with Gasteiger partial charge in [-0.1, -0.05) is 31.9 Å².